The lowest BCUT2D eigenvalue weighted by Gasteiger charge is -2.10. The molecule has 0 aliphatic heterocycles. The van der Waals surface area contributed by atoms with Gasteiger partial charge in [0.25, 0.3) is 0 Å². The van der Waals surface area contributed by atoms with Crippen molar-refractivity contribution in [3.05, 3.63) is 51.2 Å². The molecule has 2 N–H and O–H groups in total. The Morgan fingerprint density at radius 2 is 1.81 bits per heavy atom. The Morgan fingerprint density at radius 1 is 1.14 bits per heavy atom. The molecule has 110 valence electrons. The first-order chi connectivity index (χ1) is 9.88. The molecule has 0 aliphatic rings. The van der Waals surface area contributed by atoms with Crippen LogP contribution in [0.3, 0.4) is 0 Å². The monoisotopic (exact) mass is 346 g/mol. The SMILES string of the molecule is O=C(Cn1cccc1C(=O)O)Nc1cc(Cl)c(Cl)cc1Cl. The smallest absolute Gasteiger partial charge is 0.352 e. The number of carbonyl (C=O) groups excluding carboxylic acids is 1. The first-order valence-electron chi connectivity index (χ1n) is 5.71. The molecule has 1 heterocycles. The molecular weight excluding hydrogens is 339 g/mol. The first-order valence-corrected chi connectivity index (χ1v) is 6.84. The molecule has 0 unspecified atom stereocenters. The van der Waals surface area contributed by atoms with E-state index in [1.807, 2.05) is 0 Å². The van der Waals surface area contributed by atoms with E-state index in [1.54, 1.807) is 6.07 Å². The zero-order valence-corrected chi connectivity index (χ0v) is 12.7. The van der Waals surface area contributed by atoms with E-state index >= 15 is 0 Å². The molecule has 0 radical (unpaired) electrons. The summed E-state index contributed by atoms with van der Waals surface area (Å²) in [6.45, 7) is -0.162. The normalized spacial score (nSPS) is 10.4. The Bertz CT molecular complexity index is 713. The van der Waals surface area contributed by atoms with Gasteiger partial charge in [0.2, 0.25) is 5.91 Å². The number of amides is 1. The van der Waals surface area contributed by atoms with E-state index < -0.39 is 11.9 Å². The number of benzene rings is 1. The van der Waals surface area contributed by atoms with Crippen LogP contribution in [0.5, 0.6) is 0 Å². The van der Waals surface area contributed by atoms with Crippen LogP contribution in [-0.4, -0.2) is 21.6 Å². The summed E-state index contributed by atoms with van der Waals surface area (Å²) in [6.07, 6.45) is 1.50. The number of aromatic nitrogens is 1. The molecule has 0 fully saturated rings. The summed E-state index contributed by atoms with van der Waals surface area (Å²) in [4.78, 5) is 22.9. The van der Waals surface area contributed by atoms with Crippen molar-refractivity contribution in [3.63, 3.8) is 0 Å². The number of carboxylic acid groups (broad SMARTS) is 1. The Hall–Kier alpha value is -1.69. The van der Waals surface area contributed by atoms with Gasteiger partial charge in [0.1, 0.15) is 12.2 Å². The fourth-order valence-corrected chi connectivity index (χ4v) is 2.30. The van der Waals surface area contributed by atoms with Gasteiger partial charge < -0.3 is 15.0 Å². The third kappa shape index (κ3) is 3.69. The van der Waals surface area contributed by atoms with E-state index in [4.69, 9.17) is 39.9 Å². The standard InChI is InChI=1S/C13H9Cl3N2O3/c14-7-4-9(16)10(5-8(7)15)17-12(19)6-18-3-1-2-11(18)13(20)21/h1-5H,6H2,(H,17,19)(H,20,21). The quantitative estimate of drug-likeness (QED) is 0.827. The summed E-state index contributed by atoms with van der Waals surface area (Å²) in [5.74, 6) is -1.55. The number of aromatic carboxylic acids is 1. The average molecular weight is 348 g/mol. The molecule has 1 aromatic heterocycles. The highest BCUT2D eigenvalue weighted by atomic mass is 35.5. The van der Waals surface area contributed by atoms with Gasteiger partial charge in [-0.15, -0.1) is 0 Å². The summed E-state index contributed by atoms with van der Waals surface area (Å²) < 4.78 is 1.31. The topological polar surface area (TPSA) is 71.3 Å². The van der Waals surface area contributed by atoms with Crippen LogP contribution in [0.1, 0.15) is 10.5 Å². The van der Waals surface area contributed by atoms with E-state index in [1.165, 1.54) is 29.0 Å². The molecule has 0 spiro atoms. The zero-order valence-electron chi connectivity index (χ0n) is 10.4. The van der Waals surface area contributed by atoms with Crippen LogP contribution in [0.4, 0.5) is 5.69 Å². The number of halogens is 3. The van der Waals surface area contributed by atoms with E-state index in [9.17, 15) is 9.59 Å². The van der Waals surface area contributed by atoms with Crippen LogP contribution in [0.25, 0.3) is 0 Å². The van der Waals surface area contributed by atoms with Crippen LogP contribution in [0.2, 0.25) is 15.1 Å². The second kappa shape index (κ2) is 6.39. The number of carbonyl (C=O) groups is 2. The molecule has 2 rings (SSSR count). The van der Waals surface area contributed by atoms with Crippen molar-refractivity contribution in [2.45, 2.75) is 6.54 Å². The minimum absolute atomic E-state index is 0.0189. The number of nitrogens with zero attached hydrogens (tertiary/aromatic N) is 1. The molecular formula is C13H9Cl3N2O3. The van der Waals surface area contributed by atoms with Crippen LogP contribution < -0.4 is 5.32 Å². The Morgan fingerprint density at radius 3 is 2.48 bits per heavy atom. The van der Waals surface area contributed by atoms with E-state index in [-0.39, 0.29) is 27.3 Å². The second-order valence-corrected chi connectivity index (χ2v) is 5.34. The number of carboxylic acids is 1. The minimum Gasteiger partial charge on any atom is -0.477 e. The van der Waals surface area contributed by atoms with Gasteiger partial charge in [-0.3, -0.25) is 4.79 Å². The Kier molecular flexibility index (Phi) is 4.77. The number of hydrogen-bond donors (Lipinski definition) is 2. The van der Waals surface area contributed by atoms with Crippen molar-refractivity contribution in [1.82, 2.24) is 4.57 Å². The zero-order chi connectivity index (χ0) is 15.6. The molecule has 1 aromatic carbocycles. The van der Waals surface area contributed by atoms with Gasteiger partial charge in [-0.1, -0.05) is 34.8 Å². The molecule has 0 saturated carbocycles. The minimum atomic E-state index is -1.11. The van der Waals surface area contributed by atoms with Crippen LogP contribution in [-0.2, 0) is 11.3 Å². The summed E-state index contributed by atoms with van der Waals surface area (Å²) >= 11 is 17.6. The van der Waals surface area contributed by atoms with Gasteiger partial charge in [0.15, 0.2) is 0 Å². The van der Waals surface area contributed by atoms with Gasteiger partial charge in [0, 0.05) is 6.20 Å². The number of anilines is 1. The summed E-state index contributed by atoms with van der Waals surface area (Å²) in [6, 6.07) is 5.79. The Balaban J connectivity index is 2.14. The summed E-state index contributed by atoms with van der Waals surface area (Å²) in [5.41, 5.74) is 0.325. The molecule has 5 nitrogen and oxygen atoms in total. The molecule has 0 atom stereocenters. The fraction of sp³-hybridized carbons (Fsp3) is 0.0769. The maximum absolute atomic E-state index is 11.9. The predicted octanol–water partition coefficient (Wildman–Crippen LogP) is 3.79. The van der Waals surface area contributed by atoms with Crippen molar-refractivity contribution in [2.75, 3.05) is 5.32 Å². The molecule has 2 aromatic rings. The summed E-state index contributed by atoms with van der Waals surface area (Å²) in [7, 11) is 0. The third-order valence-electron chi connectivity index (χ3n) is 2.65. The molecule has 0 aliphatic carbocycles. The molecule has 0 bridgehead atoms. The van der Waals surface area contributed by atoms with Gasteiger partial charge >= 0.3 is 5.97 Å². The van der Waals surface area contributed by atoms with Crippen molar-refractivity contribution in [3.8, 4) is 0 Å². The lowest BCUT2D eigenvalue weighted by Crippen LogP contribution is -2.21. The third-order valence-corrected chi connectivity index (χ3v) is 3.68. The Labute approximate surface area is 135 Å². The van der Waals surface area contributed by atoms with E-state index in [0.29, 0.717) is 5.69 Å². The molecule has 1 amide bonds. The number of rotatable bonds is 4. The van der Waals surface area contributed by atoms with Crippen molar-refractivity contribution in [2.24, 2.45) is 0 Å². The van der Waals surface area contributed by atoms with Crippen LogP contribution in [0.15, 0.2) is 30.5 Å². The van der Waals surface area contributed by atoms with Gasteiger partial charge in [-0.05, 0) is 24.3 Å². The highest BCUT2D eigenvalue weighted by molar-refractivity contribution is 6.44. The molecule has 8 heteroatoms. The number of nitrogens with one attached hydrogen (secondary N) is 1. The van der Waals surface area contributed by atoms with Crippen molar-refractivity contribution in [1.29, 1.82) is 0 Å². The highest BCUT2D eigenvalue weighted by Gasteiger charge is 2.13. The lowest BCUT2D eigenvalue weighted by molar-refractivity contribution is -0.116. The van der Waals surface area contributed by atoms with Gasteiger partial charge in [-0.25, -0.2) is 4.79 Å². The number of hydrogen-bond acceptors (Lipinski definition) is 2. The van der Waals surface area contributed by atoms with E-state index in [2.05, 4.69) is 5.32 Å². The predicted molar refractivity (Wildman–Crippen MR) is 81.5 cm³/mol. The van der Waals surface area contributed by atoms with Gasteiger partial charge in [0.05, 0.1) is 20.8 Å². The first kappa shape index (κ1) is 15.7. The summed E-state index contributed by atoms with van der Waals surface area (Å²) in [5, 5.41) is 12.3. The fourth-order valence-electron chi connectivity index (χ4n) is 1.71. The average Bonchev–Trinajstić information content (AvgIpc) is 2.84. The molecule has 21 heavy (non-hydrogen) atoms. The maximum Gasteiger partial charge on any atom is 0.352 e. The largest absolute Gasteiger partial charge is 0.477 e. The maximum atomic E-state index is 11.9. The van der Waals surface area contributed by atoms with Crippen LogP contribution in [0, 0.1) is 0 Å². The lowest BCUT2D eigenvalue weighted by atomic mass is 10.3. The van der Waals surface area contributed by atoms with Crippen molar-refractivity contribution < 1.29 is 14.7 Å². The van der Waals surface area contributed by atoms with Crippen LogP contribution >= 0.6 is 34.8 Å². The van der Waals surface area contributed by atoms with Gasteiger partial charge in [-0.2, -0.15) is 0 Å². The highest BCUT2D eigenvalue weighted by Crippen LogP contribution is 2.32. The molecule has 0 saturated heterocycles. The van der Waals surface area contributed by atoms with Crippen molar-refractivity contribution >= 4 is 52.4 Å². The van der Waals surface area contributed by atoms with E-state index in [0.717, 1.165) is 0 Å². The second-order valence-electron chi connectivity index (χ2n) is 4.12.